The van der Waals surface area contributed by atoms with E-state index in [1.54, 1.807) is 0 Å². The molecule has 0 unspecified atom stereocenters. The highest BCUT2D eigenvalue weighted by atomic mass is 32.2. The molecule has 1 aromatic carbocycles. The molecule has 2 atom stereocenters. The topological polar surface area (TPSA) is 75.7 Å². The molecular weight excluding hydrogens is 328 g/mol. The standard InChI is InChI=1S/C17H24N2O4S/c1-24(21,22)18-11-17-12-19(9-15(17)10-23-13-17)16(20)8-7-14-5-3-2-4-6-14/h2-6,15,18H,7-13H2,1H3/t15-,17+/m0/s1. The summed E-state index contributed by atoms with van der Waals surface area (Å²) in [6.07, 6.45) is 2.37. The average Bonchev–Trinajstić information content (AvgIpc) is 3.08. The van der Waals surface area contributed by atoms with E-state index in [4.69, 9.17) is 4.74 Å². The Labute approximate surface area is 143 Å². The van der Waals surface area contributed by atoms with Gasteiger partial charge in [0, 0.05) is 37.4 Å². The van der Waals surface area contributed by atoms with Gasteiger partial charge in [0.05, 0.1) is 19.5 Å². The predicted molar refractivity (Wildman–Crippen MR) is 90.9 cm³/mol. The van der Waals surface area contributed by atoms with E-state index < -0.39 is 10.0 Å². The first-order chi connectivity index (χ1) is 11.4. The lowest BCUT2D eigenvalue weighted by Gasteiger charge is -2.27. The van der Waals surface area contributed by atoms with Gasteiger partial charge in [0.15, 0.2) is 0 Å². The van der Waals surface area contributed by atoms with Crippen LogP contribution in [0.5, 0.6) is 0 Å². The van der Waals surface area contributed by atoms with E-state index >= 15 is 0 Å². The van der Waals surface area contributed by atoms with Crippen LogP contribution in [-0.4, -0.2) is 58.3 Å². The van der Waals surface area contributed by atoms with E-state index in [0.717, 1.165) is 18.2 Å². The van der Waals surface area contributed by atoms with Crippen LogP contribution >= 0.6 is 0 Å². The van der Waals surface area contributed by atoms with E-state index in [9.17, 15) is 13.2 Å². The zero-order valence-corrected chi connectivity index (χ0v) is 14.7. The second-order valence-corrected chi connectivity index (χ2v) is 8.76. The Kier molecular flexibility index (Phi) is 4.94. The first-order valence-electron chi connectivity index (χ1n) is 8.22. The number of hydrogen-bond donors (Lipinski definition) is 1. The second kappa shape index (κ2) is 6.82. The third-order valence-corrected chi connectivity index (χ3v) is 5.70. The average molecular weight is 352 g/mol. The van der Waals surface area contributed by atoms with Gasteiger partial charge < -0.3 is 9.64 Å². The molecule has 0 aromatic heterocycles. The van der Waals surface area contributed by atoms with Gasteiger partial charge in [0.1, 0.15) is 0 Å². The maximum Gasteiger partial charge on any atom is 0.222 e. The van der Waals surface area contributed by atoms with Crippen molar-refractivity contribution in [1.82, 2.24) is 9.62 Å². The quantitative estimate of drug-likeness (QED) is 0.815. The summed E-state index contributed by atoms with van der Waals surface area (Å²) in [4.78, 5) is 14.4. The van der Waals surface area contributed by atoms with Crippen LogP contribution in [-0.2, 0) is 26.0 Å². The van der Waals surface area contributed by atoms with E-state index in [0.29, 0.717) is 39.3 Å². The van der Waals surface area contributed by atoms with Crippen molar-refractivity contribution < 1.29 is 17.9 Å². The van der Waals surface area contributed by atoms with Gasteiger partial charge in [0.25, 0.3) is 0 Å². The second-order valence-electron chi connectivity index (χ2n) is 6.93. The summed E-state index contributed by atoms with van der Waals surface area (Å²) in [5.41, 5.74) is 0.868. The number of nitrogens with zero attached hydrogens (tertiary/aromatic N) is 1. The number of benzene rings is 1. The Morgan fingerprint density at radius 3 is 2.83 bits per heavy atom. The molecule has 3 rings (SSSR count). The third kappa shape index (κ3) is 3.96. The summed E-state index contributed by atoms with van der Waals surface area (Å²) in [5.74, 6) is 0.333. The highest BCUT2D eigenvalue weighted by molar-refractivity contribution is 7.88. The van der Waals surface area contributed by atoms with Crippen LogP contribution in [0.4, 0.5) is 0 Å². The van der Waals surface area contributed by atoms with Crippen molar-refractivity contribution in [2.24, 2.45) is 11.3 Å². The molecule has 1 N–H and O–H groups in total. The monoisotopic (exact) mass is 352 g/mol. The Balaban J connectivity index is 1.59. The number of ether oxygens (including phenoxy) is 1. The smallest absolute Gasteiger partial charge is 0.222 e. The highest BCUT2D eigenvalue weighted by Gasteiger charge is 2.51. The minimum absolute atomic E-state index is 0.131. The van der Waals surface area contributed by atoms with Crippen LogP contribution in [0.1, 0.15) is 12.0 Å². The molecule has 0 spiro atoms. The van der Waals surface area contributed by atoms with Crippen molar-refractivity contribution in [3.63, 3.8) is 0 Å². The lowest BCUT2D eigenvalue weighted by Crippen LogP contribution is -2.43. The van der Waals surface area contributed by atoms with Gasteiger partial charge in [-0.2, -0.15) is 0 Å². The van der Waals surface area contributed by atoms with Gasteiger partial charge in [0.2, 0.25) is 15.9 Å². The number of fused-ring (bicyclic) bond motifs is 1. The Morgan fingerprint density at radius 1 is 1.38 bits per heavy atom. The van der Waals surface area contributed by atoms with Gasteiger partial charge >= 0.3 is 0 Å². The van der Waals surface area contributed by atoms with Gasteiger partial charge in [-0.1, -0.05) is 30.3 Å². The number of nitrogens with one attached hydrogen (secondary N) is 1. The maximum absolute atomic E-state index is 12.5. The van der Waals surface area contributed by atoms with Crippen molar-refractivity contribution >= 4 is 15.9 Å². The number of rotatable bonds is 6. The molecule has 0 saturated carbocycles. The van der Waals surface area contributed by atoms with Crippen molar-refractivity contribution in [1.29, 1.82) is 0 Å². The van der Waals surface area contributed by atoms with Gasteiger partial charge in [-0.15, -0.1) is 0 Å². The molecule has 24 heavy (non-hydrogen) atoms. The van der Waals surface area contributed by atoms with Crippen LogP contribution in [0.2, 0.25) is 0 Å². The number of amides is 1. The summed E-state index contributed by atoms with van der Waals surface area (Å²) in [6.45, 7) is 2.64. The molecule has 0 radical (unpaired) electrons. The number of sulfonamides is 1. The van der Waals surface area contributed by atoms with E-state index in [-0.39, 0.29) is 17.2 Å². The SMILES string of the molecule is CS(=O)(=O)NC[C@@]12COC[C@@H]1CN(C(=O)CCc1ccccc1)C2. The molecule has 0 aliphatic carbocycles. The molecule has 1 amide bonds. The number of likely N-dealkylation sites (tertiary alicyclic amines) is 1. The lowest BCUT2D eigenvalue weighted by molar-refractivity contribution is -0.130. The summed E-state index contributed by atoms with van der Waals surface area (Å²) in [5, 5.41) is 0. The normalized spacial score (nSPS) is 26.5. The van der Waals surface area contributed by atoms with Gasteiger partial charge in [-0.05, 0) is 12.0 Å². The number of carbonyl (C=O) groups excluding carboxylic acids is 1. The molecular formula is C17H24N2O4S. The zero-order valence-electron chi connectivity index (χ0n) is 13.9. The Hall–Kier alpha value is -1.44. The van der Waals surface area contributed by atoms with Crippen molar-refractivity contribution in [2.75, 3.05) is 39.1 Å². The maximum atomic E-state index is 12.5. The van der Waals surface area contributed by atoms with Crippen LogP contribution in [0, 0.1) is 11.3 Å². The van der Waals surface area contributed by atoms with Crippen LogP contribution < -0.4 is 4.72 Å². The molecule has 2 saturated heterocycles. The first-order valence-corrected chi connectivity index (χ1v) is 10.1. The molecule has 2 heterocycles. The summed E-state index contributed by atoms with van der Waals surface area (Å²) in [7, 11) is -3.25. The zero-order chi connectivity index (χ0) is 17.2. The molecule has 2 fully saturated rings. The number of aryl methyl sites for hydroxylation is 1. The van der Waals surface area contributed by atoms with E-state index in [2.05, 4.69) is 4.72 Å². The molecule has 132 valence electrons. The Bertz CT molecular complexity index is 692. The van der Waals surface area contributed by atoms with Crippen molar-refractivity contribution in [3.05, 3.63) is 35.9 Å². The molecule has 6 nitrogen and oxygen atoms in total. The summed E-state index contributed by atoms with van der Waals surface area (Å²) < 4.78 is 31.0. The van der Waals surface area contributed by atoms with Gasteiger partial charge in [-0.3, -0.25) is 4.79 Å². The lowest BCUT2D eigenvalue weighted by atomic mass is 9.81. The minimum Gasteiger partial charge on any atom is -0.380 e. The molecule has 7 heteroatoms. The predicted octanol–water partition coefficient (Wildman–Crippen LogP) is 0.643. The van der Waals surface area contributed by atoms with E-state index in [1.807, 2.05) is 35.2 Å². The summed E-state index contributed by atoms with van der Waals surface area (Å²) in [6, 6.07) is 9.97. The minimum atomic E-state index is -3.25. The highest BCUT2D eigenvalue weighted by Crippen LogP contribution is 2.41. The fourth-order valence-electron chi connectivity index (χ4n) is 3.60. The van der Waals surface area contributed by atoms with Crippen molar-refractivity contribution in [3.8, 4) is 0 Å². The van der Waals surface area contributed by atoms with Crippen LogP contribution in [0.25, 0.3) is 0 Å². The number of carbonyl (C=O) groups is 1. The van der Waals surface area contributed by atoms with Crippen LogP contribution in [0.15, 0.2) is 30.3 Å². The largest absolute Gasteiger partial charge is 0.380 e. The molecule has 0 bridgehead atoms. The summed E-state index contributed by atoms with van der Waals surface area (Å²) >= 11 is 0. The number of hydrogen-bond acceptors (Lipinski definition) is 4. The molecule has 1 aromatic rings. The van der Waals surface area contributed by atoms with E-state index in [1.165, 1.54) is 0 Å². The van der Waals surface area contributed by atoms with Crippen molar-refractivity contribution in [2.45, 2.75) is 12.8 Å². The fraction of sp³-hybridized carbons (Fsp3) is 0.588. The fourth-order valence-corrected chi connectivity index (χ4v) is 4.15. The Morgan fingerprint density at radius 2 is 2.12 bits per heavy atom. The van der Waals surface area contributed by atoms with Crippen LogP contribution in [0.3, 0.4) is 0 Å². The van der Waals surface area contributed by atoms with Gasteiger partial charge in [-0.25, -0.2) is 13.1 Å². The molecule has 2 aliphatic heterocycles. The first kappa shape index (κ1) is 17.4. The third-order valence-electron chi connectivity index (χ3n) is 5.03. The molecule has 2 aliphatic rings.